The lowest BCUT2D eigenvalue weighted by molar-refractivity contribution is -0.144. The van der Waals surface area contributed by atoms with Crippen LogP contribution in [0.1, 0.15) is 30.2 Å². The van der Waals surface area contributed by atoms with Crippen molar-refractivity contribution in [1.29, 1.82) is 0 Å². The van der Waals surface area contributed by atoms with E-state index in [0.717, 1.165) is 0 Å². The van der Waals surface area contributed by atoms with Crippen molar-refractivity contribution in [2.75, 3.05) is 6.61 Å². The lowest BCUT2D eigenvalue weighted by atomic mass is 10.0. The van der Waals surface area contributed by atoms with Crippen LogP contribution in [0.4, 0.5) is 22.0 Å². The summed E-state index contributed by atoms with van der Waals surface area (Å²) in [6, 6.07) is 0.169. The Balaban J connectivity index is 3.41. The molecule has 112 valence electrons. The summed E-state index contributed by atoms with van der Waals surface area (Å²) in [5.41, 5.74) is -5.24. The molecule has 0 spiro atoms. The number of halogens is 5. The molecule has 20 heavy (non-hydrogen) atoms. The third-order valence-electron chi connectivity index (χ3n) is 2.30. The molecule has 0 saturated heterocycles. The van der Waals surface area contributed by atoms with E-state index >= 15 is 0 Å². The largest absolute Gasteiger partial charge is 0.466 e. The van der Waals surface area contributed by atoms with Crippen LogP contribution in [0, 0.1) is 0 Å². The number of hydrogen-bond donors (Lipinski definition) is 1. The van der Waals surface area contributed by atoms with Crippen molar-refractivity contribution < 1.29 is 31.5 Å². The Morgan fingerprint density at radius 2 is 2.00 bits per heavy atom. The molecule has 0 aliphatic carbocycles. The van der Waals surface area contributed by atoms with E-state index in [1.54, 1.807) is 4.98 Å². The van der Waals surface area contributed by atoms with Gasteiger partial charge in [-0.15, -0.1) is 0 Å². The van der Waals surface area contributed by atoms with Crippen molar-refractivity contribution in [3.63, 3.8) is 0 Å². The molecule has 0 aliphatic rings. The molecular weight excluding hydrogens is 289 g/mol. The zero-order chi connectivity index (χ0) is 15.5. The highest BCUT2D eigenvalue weighted by Gasteiger charge is 2.39. The van der Waals surface area contributed by atoms with Crippen LogP contribution in [0.2, 0.25) is 0 Å². The van der Waals surface area contributed by atoms with E-state index in [-0.39, 0.29) is 12.7 Å². The molecule has 0 aromatic carbocycles. The first-order valence-corrected chi connectivity index (χ1v) is 5.43. The number of ether oxygens (including phenoxy) is 1. The predicted molar refractivity (Wildman–Crippen MR) is 57.4 cm³/mol. The van der Waals surface area contributed by atoms with E-state index in [9.17, 15) is 31.5 Å². The van der Waals surface area contributed by atoms with Gasteiger partial charge in [0, 0.05) is 17.3 Å². The Morgan fingerprint density at radius 3 is 2.45 bits per heavy atom. The van der Waals surface area contributed by atoms with Crippen molar-refractivity contribution in [3.05, 3.63) is 33.2 Å². The van der Waals surface area contributed by atoms with Gasteiger partial charge in [-0.2, -0.15) is 13.2 Å². The minimum Gasteiger partial charge on any atom is -0.466 e. The monoisotopic (exact) mass is 299 g/mol. The Hall–Kier alpha value is -1.93. The SMILES string of the molecule is CCOC(=O)Cc1[nH]c(=O)cc(C(F)F)c1C(F)(F)F. The summed E-state index contributed by atoms with van der Waals surface area (Å²) in [6.45, 7) is 1.35. The predicted octanol–water partition coefficient (Wildman–Crippen LogP) is 2.44. The molecule has 0 saturated carbocycles. The minimum absolute atomic E-state index is 0.0844. The quantitative estimate of drug-likeness (QED) is 0.686. The first-order valence-electron chi connectivity index (χ1n) is 5.43. The Kier molecular flexibility index (Phi) is 4.85. The number of hydrogen-bond acceptors (Lipinski definition) is 3. The van der Waals surface area contributed by atoms with Gasteiger partial charge in [0.15, 0.2) is 0 Å². The van der Waals surface area contributed by atoms with Crippen molar-refractivity contribution in [2.45, 2.75) is 25.9 Å². The maximum atomic E-state index is 12.8. The number of carbonyl (C=O) groups is 1. The number of alkyl halides is 5. The molecule has 0 aliphatic heterocycles. The van der Waals surface area contributed by atoms with E-state index in [2.05, 4.69) is 4.74 Å². The molecule has 1 rings (SSSR count). The van der Waals surface area contributed by atoms with Gasteiger partial charge in [0.05, 0.1) is 18.6 Å². The fourth-order valence-electron chi connectivity index (χ4n) is 1.63. The van der Waals surface area contributed by atoms with Crippen molar-refractivity contribution in [1.82, 2.24) is 4.98 Å². The summed E-state index contributed by atoms with van der Waals surface area (Å²) in [5.74, 6) is -1.06. The zero-order valence-corrected chi connectivity index (χ0v) is 10.2. The van der Waals surface area contributed by atoms with E-state index < -0.39 is 47.4 Å². The number of carbonyl (C=O) groups excluding carboxylic acids is 1. The fourth-order valence-corrected chi connectivity index (χ4v) is 1.63. The Bertz CT molecular complexity index is 550. The molecule has 0 bridgehead atoms. The van der Waals surface area contributed by atoms with Gasteiger partial charge in [-0.3, -0.25) is 9.59 Å². The highest BCUT2D eigenvalue weighted by Crippen LogP contribution is 2.37. The van der Waals surface area contributed by atoms with E-state index in [4.69, 9.17) is 0 Å². The minimum atomic E-state index is -5.13. The van der Waals surface area contributed by atoms with Gasteiger partial charge in [-0.1, -0.05) is 0 Å². The van der Waals surface area contributed by atoms with Crippen LogP contribution < -0.4 is 5.56 Å². The summed E-state index contributed by atoms with van der Waals surface area (Å²) in [6.07, 6.45) is -9.56. The molecule has 1 aromatic rings. The van der Waals surface area contributed by atoms with Gasteiger partial charge in [0.1, 0.15) is 0 Å². The number of aromatic nitrogens is 1. The summed E-state index contributed by atoms with van der Waals surface area (Å²) in [5, 5.41) is 0. The number of esters is 1. The molecule has 0 fully saturated rings. The second kappa shape index (κ2) is 6.02. The maximum Gasteiger partial charge on any atom is 0.418 e. The molecule has 1 heterocycles. The fraction of sp³-hybridized carbons (Fsp3) is 0.455. The van der Waals surface area contributed by atoms with Crippen LogP contribution in [0.15, 0.2) is 10.9 Å². The van der Waals surface area contributed by atoms with Crippen LogP contribution >= 0.6 is 0 Å². The normalized spacial score (nSPS) is 11.8. The summed E-state index contributed by atoms with van der Waals surface area (Å²) < 4.78 is 68.2. The van der Waals surface area contributed by atoms with Gasteiger partial charge in [-0.05, 0) is 6.92 Å². The van der Waals surface area contributed by atoms with Crippen LogP contribution in [0.3, 0.4) is 0 Å². The zero-order valence-electron chi connectivity index (χ0n) is 10.2. The third-order valence-corrected chi connectivity index (χ3v) is 2.30. The van der Waals surface area contributed by atoms with Crippen LogP contribution in [-0.2, 0) is 22.1 Å². The molecule has 0 atom stereocenters. The molecule has 9 heteroatoms. The van der Waals surface area contributed by atoms with Gasteiger partial charge >= 0.3 is 12.1 Å². The molecule has 4 nitrogen and oxygen atoms in total. The molecule has 1 N–H and O–H groups in total. The first kappa shape index (κ1) is 16.1. The molecule has 0 radical (unpaired) electrons. The standard InChI is InChI=1S/C11H10F5NO3/c1-2-20-8(19)4-6-9(11(14,15)16)5(10(12)13)3-7(18)17-6/h3,10H,2,4H2,1H3,(H,17,18). The van der Waals surface area contributed by atoms with Crippen LogP contribution in [0.25, 0.3) is 0 Å². The van der Waals surface area contributed by atoms with E-state index in [1.807, 2.05) is 0 Å². The van der Waals surface area contributed by atoms with Gasteiger partial charge in [-0.25, -0.2) is 8.78 Å². The van der Waals surface area contributed by atoms with Gasteiger partial charge in [0.25, 0.3) is 6.43 Å². The summed E-state index contributed by atoms with van der Waals surface area (Å²) in [4.78, 5) is 24.1. The average Bonchev–Trinajstić information content (AvgIpc) is 2.26. The topological polar surface area (TPSA) is 59.2 Å². The first-order chi connectivity index (χ1) is 9.16. The lowest BCUT2D eigenvalue weighted by Gasteiger charge is -2.16. The van der Waals surface area contributed by atoms with Crippen LogP contribution in [-0.4, -0.2) is 17.6 Å². The van der Waals surface area contributed by atoms with Gasteiger partial charge in [0.2, 0.25) is 5.56 Å². The summed E-state index contributed by atoms with van der Waals surface area (Å²) >= 11 is 0. The highest BCUT2D eigenvalue weighted by atomic mass is 19.4. The number of pyridine rings is 1. The number of rotatable bonds is 4. The lowest BCUT2D eigenvalue weighted by Crippen LogP contribution is -2.23. The second-order valence-corrected chi connectivity index (χ2v) is 3.72. The highest BCUT2D eigenvalue weighted by molar-refractivity contribution is 5.72. The van der Waals surface area contributed by atoms with E-state index in [0.29, 0.717) is 0 Å². The number of H-pyrrole nitrogens is 1. The third kappa shape index (κ3) is 3.78. The molecular formula is C11H10F5NO3. The molecule has 1 aromatic heterocycles. The summed E-state index contributed by atoms with van der Waals surface area (Å²) in [7, 11) is 0. The number of aromatic amines is 1. The smallest absolute Gasteiger partial charge is 0.418 e. The molecule has 0 amide bonds. The number of nitrogens with one attached hydrogen (secondary N) is 1. The van der Waals surface area contributed by atoms with Crippen molar-refractivity contribution in [3.8, 4) is 0 Å². The van der Waals surface area contributed by atoms with Crippen molar-refractivity contribution in [2.24, 2.45) is 0 Å². The van der Waals surface area contributed by atoms with Gasteiger partial charge < -0.3 is 9.72 Å². The van der Waals surface area contributed by atoms with Crippen LogP contribution in [0.5, 0.6) is 0 Å². The van der Waals surface area contributed by atoms with Crippen molar-refractivity contribution >= 4 is 5.97 Å². The Labute approximate surface area is 109 Å². The average molecular weight is 299 g/mol. The van der Waals surface area contributed by atoms with E-state index in [1.165, 1.54) is 6.92 Å². The molecule has 0 unspecified atom stereocenters. The maximum absolute atomic E-state index is 12.8. The second-order valence-electron chi connectivity index (χ2n) is 3.72. The Morgan fingerprint density at radius 1 is 1.40 bits per heavy atom.